The number of ether oxygens (including phenoxy) is 1. The molecule has 0 radical (unpaired) electrons. The Balaban J connectivity index is 1.63. The SMILES string of the molecule is Cc1cc(F)c(-c2cc(F)c(C(F)(F)Oc3ccc(-c4cc(F)c(F)c(F)c4)cc3)c(F)c2)c(F)c1. The normalized spacial score (nSPS) is 11.6. The zero-order valence-corrected chi connectivity index (χ0v) is 18.1. The van der Waals surface area contributed by atoms with Gasteiger partial charge >= 0.3 is 6.11 Å². The van der Waals surface area contributed by atoms with Crippen LogP contribution in [-0.2, 0) is 6.11 Å². The van der Waals surface area contributed by atoms with Crippen LogP contribution in [-0.4, -0.2) is 0 Å². The molecule has 0 N–H and O–H groups in total. The molecule has 0 heterocycles. The average molecular weight is 512 g/mol. The van der Waals surface area contributed by atoms with Crippen LogP contribution in [0, 0.1) is 47.6 Å². The predicted molar refractivity (Wildman–Crippen MR) is 113 cm³/mol. The molecular weight excluding hydrogens is 499 g/mol. The van der Waals surface area contributed by atoms with Gasteiger partial charge in [-0.2, -0.15) is 8.78 Å². The molecule has 0 saturated heterocycles. The van der Waals surface area contributed by atoms with Crippen molar-refractivity contribution in [1.29, 1.82) is 0 Å². The van der Waals surface area contributed by atoms with Crippen molar-refractivity contribution in [3.05, 3.63) is 113 Å². The van der Waals surface area contributed by atoms with Crippen LogP contribution in [0.25, 0.3) is 22.3 Å². The summed E-state index contributed by atoms with van der Waals surface area (Å²) in [4.78, 5) is 0. The minimum atomic E-state index is -4.56. The lowest BCUT2D eigenvalue weighted by Crippen LogP contribution is -2.25. The second kappa shape index (κ2) is 9.25. The molecule has 186 valence electrons. The van der Waals surface area contributed by atoms with Gasteiger partial charge in [-0.15, -0.1) is 0 Å². The van der Waals surface area contributed by atoms with Gasteiger partial charge in [-0.1, -0.05) is 12.1 Å². The predicted octanol–water partition coefficient (Wildman–Crippen LogP) is 8.43. The van der Waals surface area contributed by atoms with Crippen molar-refractivity contribution in [2.75, 3.05) is 0 Å². The van der Waals surface area contributed by atoms with Crippen LogP contribution in [0.1, 0.15) is 11.1 Å². The molecule has 0 aliphatic carbocycles. The zero-order chi connectivity index (χ0) is 26.4. The summed E-state index contributed by atoms with van der Waals surface area (Å²) in [6.45, 7) is 1.39. The smallest absolute Gasteiger partial charge is 0.429 e. The molecule has 0 aliphatic rings. The molecule has 0 amide bonds. The highest BCUT2D eigenvalue weighted by Gasteiger charge is 2.41. The van der Waals surface area contributed by atoms with Crippen molar-refractivity contribution in [3.63, 3.8) is 0 Å². The Morgan fingerprint density at radius 1 is 0.556 bits per heavy atom. The second-order valence-electron chi connectivity index (χ2n) is 7.82. The third-order valence-corrected chi connectivity index (χ3v) is 5.23. The fraction of sp³-hybridized carbons (Fsp3) is 0.0769. The third-order valence-electron chi connectivity index (χ3n) is 5.23. The van der Waals surface area contributed by atoms with E-state index < -0.39 is 69.3 Å². The first-order valence-corrected chi connectivity index (χ1v) is 10.1. The molecule has 4 aromatic rings. The molecule has 4 aromatic carbocycles. The maximum atomic E-state index is 14.7. The van der Waals surface area contributed by atoms with Gasteiger partial charge in [-0.3, -0.25) is 0 Å². The van der Waals surface area contributed by atoms with Crippen molar-refractivity contribution < 1.29 is 44.3 Å². The Morgan fingerprint density at radius 2 is 1.03 bits per heavy atom. The van der Waals surface area contributed by atoms with Gasteiger partial charge in [0.2, 0.25) is 0 Å². The monoisotopic (exact) mass is 512 g/mol. The van der Waals surface area contributed by atoms with Crippen molar-refractivity contribution in [2.24, 2.45) is 0 Å². The lowest BCUT2D eigenvalue weighted by atomic mass is 10.00. The standard InChI is InChI=1S/C26H13F9O/c1-12-6-17(27)23(18(28)7-12)15-10-19(29)24(20(30)11-15)26(34,35)36-16-4-2-13(3-5-16)14-8-21(31)25(33)22(32)9-14/h2-11H,1H3. The van der Waals surface area contributed by atoms with Crippen LogP contribution in [0.4, 0.5) is 39.5 Å². The van der Waals surface area contributed by atoms with Crippen LogP contribution >= 0.6 is 0 Å². The number of halogens is 9. The van der Waals surface area contributed by atoms with E-state index in [-0.39, 0.29) is 16.7 Å². The summed E-state index contributed by atoms with van der Waals surface area (Å²) in [5, 5.41) is 0. The number of hydrogen-bond donors (Lipinski definition) is 0. The second-order valence-corrected chi connectivity index (χ2v) is 7.82. The van der Waals surface area contributed by atoms with Gasteiger partial charge in [0.25, 0.3) is 0 Å². The fourth-order valence-electron chi connectivity index (χ4n) is 3.61. The van der Waals surface area contributed by atoms with E-state index in [4.69, 9.17) is 0 Å². The van der Waals surface area contributed by atoms with Gasteiger partial charge in [0.05, 0.1) is 5.56 Å². The summed E-state index contributed by atoms with van der Waals surface area (Å²) in [6, 6.07) is 8.00. The minimum Gasteiger partial charge on any atom is -0.429 e. The molecule has 0 fully saturated rings. The summed E-state index contributed by atoms with van der Waals surface area (Å²) in [6.07, 6.45) is -4.56. The molecule has 36 heavy (non-hydrogen) atoms. The Kier molecular flexibility index (Phi) is 6.46. The highest BCUT2D eigenvalue weighted by atomic mass is 19.3. The Bertz CT molecular complexity index is 1390. The molecule has 0 saturated carbocycles. The summed E-state index contributed by atoms with van der Waals surface area (Å²) in [5.74, 6) is -11.1. The maximum absolute atomic E-state index is 14.7. The molecule has 0 spiro atoms. The van der Waals surface area contributed by atoms with E-state index in [0.717, 1.165) is 36.4 Å². The van der Waals surface area contributed by atoms with E-state index in [2.05, 4.69) is 4.74 Å². The maximum Gasteiger partial charge on any atom is 0.432 e. The van der Waals surface area contributed by atoms with Gasteiger partial charge < -0.3 is 4.74 Å². The van der Waals surface area contributed by atoms with Gasteiger partial charge in [0.15, 0.2) is 17.5 Å². The molecular formula is C26H13F9O. The number of aryl methyl sites for hydroxylation is 1. The lowest BCUT2D eigenvalue weighted by Gasteiger charge is -2.20. The topological polar surface area (TPSA) is 9.23 Å². The molecule has 10 heteroatoms. The molecule has 0 aliphatic heterocycles. The highest BCUT2D eigenvalue weighted by molar-refractivity contribution is 5.66. The highest BCUT2D eigenvalue weighted by Crippen LogP contribution is 2.38. The lowest BCUT2D eigenvalue weighted by molar-refractivity contribution is -0.189. The molecule has 4 rings (SSSR count). The summed E-state index contributed by atoms with van der Waals surface area (Å²) in [5.41, 5.74) is -3.03. The van der Waals surface area contributed by atoms with E-state index in [1.54, 1.807) is 0 Å². The van der Waals surface area contributed by atoms with E-state index in [0.29, 0.717) is 24.3 Å². The van der Waals surface area contributed by atoms with Crippen molar-refractivity contribution >= 4 is 0 Å². The van der Waals surface area contributed by atoms with Crippen LogP contribution in [0.5, 0.6) is 5.75 Å². The number of alkyl halides is 2. The van der Waals surface area contributed by atoms with Gasteiger partial charge in [0, 0.05) is 0 Å². The van der Waals surface area contributed by atoms with E-state index in [9.17, 15) is 39.5 Å². The summed E-state index contributed by atoms with van der Waals surface area (Å²) < 4.78 is 131. The Hall–Kier alpha value is -3.95. The molecule has 0 unspecified atom stereocenters. The summed E-state index contributed by atoms with van der Waals surface area (Å²) in [7, 11) is 0. The Morgan fingerprint density at radius 3 is 1.53 bits per heavy atom. The molecule has 0 atom stereocenters. The summed E-state index contributed by atoms with van der Waals surface area (Å²) >= 11 is 0. The van der Waals surface area contributed by atoms with E-state index in [1.807, 2.05) is 0 Å². The molecule has 0 aromatic heterocycles. The minimum absolute atomic E-state index is 0.104. The quantitative estimate of drug-likeness (QED) is 0.193. The van der Waals surface area contributed by atoms with Gasteiger partial charge in [0.1, 0.15) is 34.6 Å². The largest absolute Gasteiger partial charge is 0.432 e. The third kappa shape index (κ3) is 4.75. The van der Waals surface area contributed by atoms with Crippen LogP contribution in [0.3, 0.4) is 0 Å². The Labute approximate surface area is 198 Å². The van der Waals surface area contributed by atoms with E-state index in [1.165, 1.54) is 6.92 Å². The van der Waals surface area contributed by atoms with E-state index >= 15 is 0 Å². The molecule has 1 nitrogen and oxygen atoms in total. The van der Waals surface area contributed by atoms with Crippen molar-refractivity contribution in [2.45, 2.75) is 13.0 Å². The molecule has 0 bridgehead atoms. The number of rotatable bonds is 5. The first-order valence-electron chi connectivity index (χ1n) is 10.1. The number of hydrogen-bond acceptors (Lipinski definition) is 1. The number of benzene rings is 4. The average Bonchev–Trinajstić information content (AvgIpc) is 2.76. The van der Waals surface area contributed by atoms with Crippen molar-refractivity contribution in [3.8, 4) is 28.0 Å². The van der Waals surface area contributed by atoms with Crippen LogP contribution in [0.15, 0.2) is 60.7 Å². The van der Waals surface area contributed by atoms with Gasteiger partial charge in [-0.05, 0) is 77.7 Å². The first kappa shape index (κ1) is 25.2. The van der Waals surface area contributed by atoms with Crippen LogP contribution < -0.4 is 4.74 Å². The fourth-order valence-corrected chi connectivity index (χ4v) is 3.61. The first-order chi connectivity index (χ1) is 16.9. The van der Waals surface area contributed by atoms with Crippen molar-refractivity contribution in [1.82, 2.24) is 0 Å². The zero-order valence-electron chi connectivity index (χ0n) is 18.1. The van der Waals surface area contributed by atoms with Crippen LogP contribution in [0.2, 0.25) is 0 Å². The van der Waals surface area contributed by atoms with Gasteiger partial charge in [-0.25, -0.2) is 30.7 Å².